The molecule has 4 nitrogen and oxygen atoms in total. The average molecular weight is 496 g/mol. The van der Waals surface area contributed by atoms with Crippen LogP contribution in [0.4, 0.5) is 0 Å². The van der Waals surface area contributed by atoms with E-state index in [-0.39, 0.29) is 0 Å². The highest BCUT2D eigenvalue weighted by Gasteiger charge is 2.41. The first kappa shape index (κ1) is 19.2. The van der Waals surface area contributed by atoms with Crippen molar-refractivity contribution < 1.29 is 10.2 Å². The SMILES string of the molecule is Oc1ccc(Br)cc1CN1CN(Cc2cc(Br)ccc2O)[C@H]2CCCC[C@@H]21. The summed E-state index contributed by atoms with van der Waals surface area (Å²) in [5, 5.41) is 20.5. The van der Waals surface area contributed by atoms with Gasteiger partial charge >= 0.3 is 0 Å². The summed E-state index contributed by atoms with van der Waals surface area (Å²) in [7, 11) is 0. The monoisotopic (exact) mass is 494 g/mol. The number of rotatable bonds is 4. The van der Waals surface area contributed by atoms with E-state index in [4.69, 9.17) is 0 Å². The van der Waals surface area contributed by atoms with Gasteiger partial charge in [0.05, 0.1) is 6.67 Å². The molecule has 1 aliphatic carbocycles. The number of hydrogen-bond donors (Lipinski definition) is 2. The topological polar surface area (TPSA) is 46.9 Å². The molecule has 2 aromatic rings. The number of fused-ring (bicyclic) bond motifs is 1. The van der Waals surface area contributed by atoms with Crippen molar-refractivity contribution in [1.29, 1.82) is 0 Å². The molecular formula is C21H24Br2N2O2. The molecule has 2 aliphatic rings. The molecule has 2 aromatic carbocycles. The Kier molecular flexibility index (Phi) is 5.78. The van der Waals surface area contributed by atoms with Gasteiger partial charge in [-0.2, -0.15) is 0 Å². The molecule has 0 unspecified atom stereocenters. The molecule has 0 aromatic heterocycles. The summed E-state index contributed by atoms with van der Waals surface area (Å²) in [4.78, 5) is 4.97. The molecular weight excluding hydrogens is 472 g/mol. The van der Waals surface area contributed by atoms with Crippen LogP contribution in [-0.2, 0) is 13.1 Å². The van der Waals surface area contributed by atoms with E-state index < -0.39 is 0 Å². The zero-order chi connectivity index (χ0) is 19.0. The maximum atomic E-state index is 10.3. The number of aromatic hydroxyl groups is 2. The molecule has 2 N–H and O–H groups in total. The first-order chi connectivity index (χ1) is 13.0. The van der Waals surface area contributed by atoms with Crippen LogP contribution in [0.1, 0.15) is 36.8 Å². The molecule has 144 valence electrons. The molecule has 2 fully saturated rings. The fourth-order valence-electron chi connectivity index (χ4n) is 4.52. The van der Waals surface area contributed by atoms with Crippen molar-refractivity contribution in [2.75, 3.05) is 6.67 Å². The van der Waals surface area contributed by atoms with E-state index in [1.54, 1.807) is 12.1 Å². The Labute approximate surface area is 177 Å². The van der Waals surface area contributed by atoms with Gasteiger partial charge in [-0.15, -0.1) is 0 Å². The number of hydrogen-bond acceptors (Lipinski definition) is 4. The van der Waals surface area contributed by atoms with Gasteiger partial charge in [-0.05, 0) is 49.2 Å². The van der Waals surface area contributed by atoms with Gasteiger partial charge in [0, 0.05) is 45.2 Å². The summed E-state index contributed by atoms with van der Waals surface area (Å²) in [5.41, 5.74) is 1.92. The molecule has 1 saturated heterocycles. The molecule has 0 radical (unpaired) electrons. The van der Waals surface area contributed by atoms with Crippen molar-refractivity contribution in [2.24, 2.45) is 0 Å². The Hall–Kier alpha value is -1.08. The molecule has 0 amide bonds. The van der Waals surface area contributed by atoms with Crippen LogP contribution in [0.15, 0.2) is 45.3 Å². The first-order valence-corrected chi connectivity index (χ1v) is 11.0. The lowest BCUT2D eigenvalue weighted by atomic mass is 9.90. The minimum absolute atomic E-state index is 0.355. The lowest BCUT2D eigenvalue weighted by molar-refractivity contribution is 0.196. The predicted molar refractivity (Wildman–Crippen MR) is 114 cm³/mol. The maximum absolute atomic E-state index is 10.3. The van der Waals surface area contributed by atoms with E-state index in [0.29, 0.717) is 23.6 Å². The summed E-state index contributed by atoms with van der Waals surface area (Å²) in [5.74, 6) is 0.710. The zero-order valence-corrected chi connectivity index (χ0v) is 18.3. The van der Waals surface area contributed by atoms with Gasteiger partial charge in [0.15, 0.2) is 0 Å². The second-order valence-corrected chi connectivity index (χ2v) is 9.43. The third-order valence-corrected chi connectivity index (χ3v) is 6.81. The van der Waals surface area contributed by atoms with E-state index in [1.807, 2.05) is 24.3 Å². The minimum atomic E-state index is 0.355. The standard InChI is InChI=1S/C21H24Br2N2O2/c22-16-5-7-20(26)14(9-16)11-24-13-25(19-4-2-1-3-18(19)24)12-15-10-17(23)6-8-21(15)27/h5-10,18-19,26-27H,1-4,11-13H2/t18-,19-/m0/s1. The van der Waals surface area contributed by atoms with Gasteiger partial charge in [0.2, 0.25) is 0 Å². The molecule has 2 atom stereocenters. The molecule has 0 bridgehead atoms. The number of halogens is 2. The second kappa shape index (κ2) is 8.11. The smallest absolute Gasteiger partial charge is 0.120 e. The minimum Gasteiger partial charge on any atom is -0.508 e. The van der Waals surface area contributed by atoms with Crippen molar-refractivity contribution in [1.82, 2.24) is 9.80 Å². The van der Waals surface area contributed by atoms with Gasteiger partial charge in [-0.1, -0.05) is 44.7 Å². The number of phenolic OH excluding ortho intramolecular Hbond substituents is 2. The van der Waals surface area contributed by atoms with E-state index in [0.717, 1.165) is 39.8 Å². The largest absolute Gasteiger partial charge is 0.508 e. The van der Waals surface area contributed by atoms with Crippen molar-refractivity contribution in [3.05, 3.63) is 56.5 Å². The predicted octanol–water partition coefficient (Wildman–Crippen LogP) is 5.21. The Morgan fingerprint density at radius 1 is 0.778 bits per heavy atom. The van der Waals surface area contributed by atoms with Crippen LogP contribution in [0.3, 0.4) is 0 Å². The molecule has 1 heterocycles. The highest BCUT2D eigenvalue weighted by atomic mass is 79.9. The Balaban J connectivity index is 1.55. The summed E-state index contributed by atoms with van der Waals surface area (Å²) in [6, 6.07) is 12.3. The summed E-state index contributed by atoms with van der Waals surface area (Å²) in [6.45, 7) is 2.34. The second-order valence-electron chi connectivity index (χ2n) is 7.60. The summed E-state index contributed by atoms with van der Waals surface area (Å²) >= 11 is 7.03. The molecule has 27 heavy (non-hydrogen) atoms. The van der Waals surface area contributed by atoms with E-state index in [2.05, 4.69) is 41.7 Å². The van der Waals surface area contributed by atoms with Crippen molar-refractivity contribution in [3.8, 4) is 11.5 Å². The van der Waals surface area contributed by atoms with Crippen LogP contribution in [0, 0.1) is 0 Å². The van der Waals surface area contributed by atoms with Crippen LogP contribution in [0.5, 0.6) is 11.5 Å². The quantitative estimate of drug-likeness (QED) is 0.611. The number of phenols is 2. The van der Waals surface area contributed by atoms with E-state index >= 15 is 0 Å². The number of nitrogens with zero attached hydrogens (tertiary/aromatic N) is 2. The van der Waals surface area contributed by atoms with Gasteiger partial charge in [0.25, 0.3) is 0 Å². The molecule has 1 aliphatic heterocycles. The highest BCUT2D eigenvalue weighted by Crippen LogP contribution is 2.37. The number of benzene rings is 2. The maximum Gasteiger partial charge on any atom is 0.120 e. The Morgan fingerprint density at radius 3 is 1.67 bits per heavy atom. The van der Waals surface area contributed by atoms with Crippen LogP contribution in [0.25, 0.3) is 0 Å². The fourth-order valence-corrected chi connectivity index (χ4v) is 5.34. The van der Waals surface area contributed by atoms with Crippen molar-refractivity contribution in [2.45, 2.75) is 50.9 Å². The van der Waals surface area contributed by atoms with Gasteiger partial charge in [-0.3, -0.25) is 9.80 Å². The normalized spacial score (nSPS) is 23.5. The molecule has 0 spiro atoms. The lowest BCUT2D eigenvalue weighted by Gasteiger charge is -2.32. The summed E-state index contributed by atoms with van der Waals surface area (Å²) < 4.78 is 1.98. The zero-order valence-electron chi connectivity index (χ0n) is 15.1. The fraction of sp³-hybridized carbons (Fsp3) is 0.429. The molecule has 1 saturated carbocycles. The Bertz CT molecular complexity index is 762. The van der Waals surface area contributed by atoms with Crippen molar-refractivity contribution >= 4 is 31.9 Å². The van der Waals surface area contributed by atoms with Crippen LogP contribution in [0.2, 0.25) is 0 Å². The van der Waals surface area contributed by atoms with E-state index in [9.17, 15) is 10.2 Å². The molecule has 4 rings (SSSR count). The first-order valence-electron chi connectivity index (χ1n) is 9.44. The highest BCUT2D eigenvalue weighted by molar-refractivity contribution is 9.10. The third-order valence-electron chi connectivity index (χ3n) is 5.83. The van der Waals surface area contributed by atoms with Crippen molar-refractivity contribution in [3.63, 3.8) is 0 Å². The van der Waals surface area contributed by atoms with Gasteiger partial charge < -0.3 is 10.2 Å². The average Bonchev–Trinajstić information content (AvgIpc) is 2.99. The molecule has 6 heteroatoms. The van der Waals surface area contributed by atoms with Gasteiger partial charge in [-0.25, -0.2) is 0 Å². The lowest BCUT2D eigenvalue weighted by Crippen LogP contribution is -2.39. The Morgan fingerprint density at radius 2 is 1.22 bits per heavy atom. The van der Waals surface area contributed by atoms with Crippen LogP contribution in [-0.4, -0.2) is 38.8 Å². The van der Waals surface area contributed by atoms with Gasteiger partial charge in [0.1, 0.15) is 11.5 Å². The summed E-state index contributed by atoms with van der Waals surface area (Å²) in [6.07, 6.45) is 4.91. The third kappa shape index (κ3) is 4.19. The van der Waals surface area contributed by atoms with Crippen LogP contribution >= 0.6 is 31.9 Å². The van der Waals surface area contributed by atoms with Crippen LogP contribution < -0.4 is 0 Å². The van der Waals surface area contributed by atoms with E-state index in [1.165, 1.54) is 25.7 Å².